The van der Waals surface area contributed by atoms with Crippen LogP contribution >= 0.6 is 0 Å². The maximum absolute atomic E-state index is 13.4. The maximum atomic E-state index is 13.4. The van der Waals surface area contributed by atoms with E-state index in [1.54, 1.807) is 13.2 Å². The van der Waals surface area contributed by atoms with Crippen LogP contribution in [0.5, 0.6) is 5.75 Å². The molecule has 1 aliphatic rings. The fourth-order valence-corrected chi connectivity index (χ4v) is 3.08. The van der Waals surface area contributed by atoms with E-state index in [1.165, 1.54) is 12.1 Å². The van der Waals surface area contributed by atoms with E-state index < -0.39 is 0 Å². The standard InChI is InChI=1S/C19H25FN4O/c1-13(2)19-21-14(3)11-18(22-19)24-9-7-23(8-10-24)16-6-5-15(20)12-17(16)25-4/h5-6,11-13H,7-10H2,1-4H3. The zero-order chi connectivity index (χ0) is 18.0. The molecule has 0 spiro atoms. The summed E-state index contributed by atoms with van der Waals surface area (Å²) in [6, 6.07) is 6.74. The van der Waals surface area contributed by atoms with E-state index in [1.807, 2.05) is 13.0 Å². The first-order chi connectivity index (χ1) is 12.0. The van der Waals surface area contributed by atoms with Gasteiger partial charge >= 0.3 is 0 Å². The van der Waals surface area contributed by atoms with Crippen LogP contribution in [-0.2, 0) is 0 Å². The third-order valence-electron chi connectivity index (χ3n) is 4.46. The predicted molar refractivity (Wildman–Crippen MR) is 98.2 cm³/mol. The zero-order valence-corrected chi connectivity index (χ0v) is 15.3. The number of anilines is 2. The van der Waals surface area contributed by atoms with Gasteiger partial charge in [-0.1, -0.05) is 13.8 Å². The number of rotatable bonds is 4. The molecule has 1 aromatic heterocycles. The molecule has 0 N–H and O–H groups in total. The Kier molecular flexibility index (Phi) is 5.06. The molecular weight excluding hydrogens is 319 g/mol. The molecule has 0 aliphatic carbocycles. The molecule has 6 heteroatoms. The first-order valence-electron chi connectivity index (χ1n) is 8.67. The van der Waals surface area contributed by atoms with Crippen LogP contribution in [0.2, 0.25) is 0 Å². The van der Waals surface area contributed by atoms with Gasteiger partial charge in [-0.2, -0.15) is 0 Å². The lowest BCUT2D eigenvalue weighted by atomic mass is 10.2. The van der Waals surface area contributed by atoms with Crippen LogP contribution in [0.4, 0.5) is 15.9 Å². The van der Waals surface area contributed by atoms with Gasteiger partial charge in [0.2, 0.25) is 0 Å². The van der Waals surface area contributed by atoms with Gasteiger partial charge in [0, 0.05) is 49.9 Å². The highest BCUT2D eigenvalue weighted by atomic mass is 19.1. The molecular formula is C19H25FN4O. The lowest BCUT2D eigenvalue weighted by molar-refractivity contribution is 0.410. The molecule has 2 aromatic rings. The minimum absolute atomic E-state index is 0.281. The summed E-state index contributed by atoms with van der Waals surface area (Å²) in [7, 11) is 1.58. The van der Waals surface area contributed by atoms with Gasteiger partial charge in [-0.05, 0) is 19.1 Å². The van der Waals surface area contributed by atoms with Crippen LogP contribution in [0, 0.1) is 12.7 Å². The first kappa shape index (κ1) is 17.5. The highest BCUT2D eigenvalue weighted by molar-refractivity contribution is 5.59. The average Bonchev–Trinajstić information content (AvgIpc) is 2.61. The van der Waals surface area contributed by atoms with Gasteiger partial charge in [0.15, 0.2) is 0 Å². The van der Waals surface area contributed by atoms with Gasteiger partial charge in [0.25, 0.3) is 0 Å². The summed E-state index contributed by atoms with van der Waals surface area (Å²) in [6.45, 7) is 9.61. The summed E-state index contributed by atoms with van der Waals surface area (Å²) in [5.74, 6) is 2.48. The molecule has 1 fully saturated rings. The number of aryl methyl sites for hydroxylation is 1. The summed E-state index contributed by atoms with van der Waals surface area (Å²) in [5, 5.41) is 0. The van der Waals surface area contributed by atoms with Gasteiger partial charge in [-0.15, -0.1) is 0 Å². The highest BCUT2D eigenvalue weighted by Gasteiger charge is 2.22. The van der Waals surface area contributed by atoms with Crippen LogP contribution in [0.15, 0.2) is 24.3 Å². The van der Waals surface area contributed by atoms with Crippen molar-refractivity contribution < 1.29 is 9.13 Å². The van der Waals surface area contributed by atoms with Crippen molar-refractivity contribution in [2.75, 3.05) is 43.1 Å². The summed E-state index contributed by atoms with van der Waals surface area (Å²) in [4.78, 5) is 13.8. The lowest BCUT2D eigenvalue weighted by Crippen LogP contribution is -2.47. The van der Waals surface area contributed by atoms with E-state index in [9.17, 15) is 4.39 Å². The number of ether oxygens (including phenoxy) is 1. The Balaban J connectivity index is 1.74. The van der Waals surface area contributed by atoms with Gasteiger partial charge in [-0.25, -0.2) is 14.4 Å². The van der Waals surface area contributed by atoms with Crippen molar-refractivity contribution in [3.63, 3.8) is 0 Å². The molecule has 0 atom stereocenters. The highest BCUT2D eigenvalue weighted by Crippen LogP contribution is 2.30. The number of methoxy groups -OCH3 is 1. The quantitative estimate of drug-likeness (QED) is 0.850. The second-order valence-electron chi connectivity index (χ2n) is 6.67. The molecule has 0 unspecified atom stereocenters. The monoisotopic (exact) mass is 344 g/mol. The second kappa shape index (κ2) is 7.25. The van der Waals surface area contributed by atoms with E-state index >= 15 is 0 Å². The molecule has 1 aliphatic heterocycles. The fourth-order valence-electron chi connectivity index (χ4n) is 3.08. The number of hydrogen-bond acceptors (Lipinski definition) is 5. The SMILES string of the molecule is COc1cc(F)ccc1N1CCN(c2cc(C)nc(C(C)C)n2)CC1. The smallest absolute Gasteiger partial charge is 0.145 e. The predicted octanol–water partition coefficient (Wildman–Crippen LogP) is 3.38. The Morgan fingerprint density at radius 1 is 1.04 bits per heavy atom. The number of nitrogens with zero attached hydrogens (tertiary/aromatic N) is 4. The van der Waals surface area contributed by atoms with Crippen LogP contribution in [0.1, 0.15) is 31.3 Å². The lowest BCUT2D eigenvalue weighted by Gasteiger charge is -2.37. The fraction of sp³-hybridized carbons (Fsp3) is 0.474. The molecule has 0 saturated carbocycles. The largest absolute Gasteiger partial charge is 0.494 e. The van der Waals surface area contributed by atoms with Crippen molar-refractivity contribution >= 4 is 11.5 Å². The van der Waals surface area contributed by atoms with E-state index in [0.717, 1.165) is 49.2 Å². The number of aromatic nitrogens is 2. The second-order valence-corrected chi connectivity index (χ2v) is 6.67. The minimum Gasteiger partial charge on any atom is -0.494 e. The van der Waals surface area contributed by atoms with Crippen LogP contribution in [0.25, 0.3) is 0 Å². The van der Waals surface area contributed by atoms with Crippen LogP contribution in [-0.4, -0.2) is 43.3 Å². The molecule has 5 nitrogen and oxygen atoms in total. The number of hydrogen-bond donors (Lipinski definition) is 0. The molecule has 0 radical (unpaired) electrons. The third-order valence-corrected chi connectivity index (χ3v) is 4.46. The van der Waals surface area contributed by atoms with E-state index in [4.69, 9.17) is 9.72 Å². The van der Waals surface area contributed by atoms with Crippen molar-refractivity contribution in [2.45, 2.75) is 26.7 Å². The summed E-state index contributed by atoms with van der Waals surface area (Å²) < 4.78 is 18.7. The van der Waals surface area contributed by atoms with Crippen molar-refractivity contribution in [3.8, 4) is 5.75 Å². The molecule has 3 rings (SSSR count). The number of halogens is 1. The average molecular weight is 344 g/mol. The van der Waals surface area contributed by atoms with Crippen molar-refractivity contribution in [1.82, 2.24) is 9.97 Å². The van der Waals surface area contributed by atoms with E-state index in [2.05, 4.69) is 28.6 Å². The van der Waals surface area contributed by atoms with E-state index in [0.29, 0.717) is 11.7 Å². The molecule has 1 aromatic carbocycles. The van der Waals surface area contributed by atoms with Crippen LogP contribution < -0.4 is 14.5 Å². The Morgan fingerprint density at radius 2 is 1.72 bits per heavy atom. The third kappa shape index (κ3) is 3.83. The molecule has 0 amide bonds. The number of benzene rings is 1. The van der Waals surface area contributed by atoms with Gasteiger partial charge in [0.05, 0.1) is 12.8 Å². The Bertz CT molecular complexity index is 742. The Morgan fingerprint density at radius 3 is 2.36 bits per heavy atom. The molecule has 25 heavy (non-hydrogen) atoms. The molecule has 134 valence electrons. The first-order valence-corrected chi connectivity index (χ1v) is 8.67. The maximum Gasteiger partial charge on any atom is 0.145 e. The Labute approximate surface area is 148 Å². The summed E-state index contributed by atoms with van der Waals surface area (Å²) in [6.07, 6.45) is 0. The zero-order valence-electron chi connectivity index (χ0n) is 15.3. The van der Waals surface area contributed by atoms with Crippen molar-refractivity contribution in [2.24, 2.45) is 0 Å². The van der Waals surface area contributed by atoms with Gasteiger partial charge < -0.3 is 14.5 Å². The van der Waals surface area contributed by atoms with Crippen LogP contribution in [0.3, 0.4) is 0 Å². The van der Waals surface area contributed by atoms with Crippen molar-refractivity contribution in [3.05, 3.63) is 41.6 Å². The summed E-state index contributed by atoms with van der Waals surface area (Å²) >= 11 is 0. The minimum atomic E-state index is -0.281. The van der Waals surface area contributed by atoms with Gasteiger partial charge in [0.1, 0.15) is 23.2 Å². The normalized spacial score (nSPS) is 15.0. The molecule has 2 heterocycles. The van der Waals surface area contributed by atoms with Gasteiger partial charge in [-0.3, -0.25) is 0 Å². The molecule has 1 saturated heterocycles. The summed E-state index contributed by atoms with van der Waals surface area (Å²) in [5.41, 5.74) is 1.93. The Hall–Kier alpha value is -2.37. The van der Waals surface area contributed by atoms with Crippen molar-refractivity contribution in [1.29, 1.82) is 0 Å². The number of piperazine rings is 1. The topological polar surface area (TPSA) is 41.5 Å². The molecule has 0 bridgehead atoms. The van der Waals surface area contributed by atoms with E-state index in [-0.39, 0.29) is 5.82 Å².